The molecule has 1 saturated carbocycles. The zero-order valence-corrected chi connectivity index (χ0v) is 21.7. The van der Waals surface area contributed by atoms with E-state index in [9.17, 15) is 14.4 Å². The van der Waals surface area contributed by atoms with E-state index in [2.05, 4.69) is 12.2 Å². The van der Waals surface area contributed by atoms with Gasteiger partial charge in [0.2, 0.25) is 5.91 Å². The quantitative estimate of drug-likeness (QED) is 0.211. The molecule has 1 saturated heterocycles. The van der Waals surface area contributed by atoms with E-state index in [1.807, 2.05) is 0 Å². The van der Waals surface area contributed by atoms with Crippen LogP contribution in [0.5, 0.6) is 0 Å². The van der Waals surface area contributed by atoms with Crippen molar-refractivity contribution in [1.29, 1.82) is 0 Å². The fraction of sp³-hybridized carbons (Fsp3) is 0.889. The van der Waals surface area contributed by atoms with E-state index in [1.165, 1.54) is 56.3 Å². The number of imide groups is 1. The first-order chi connectivity index (χ1) is 16.6. The number of nitrogens with two attached hydrogens (primary N) is 1. The molecule has 1 aliphatic heterocycles. The maximum Gasteiger partial charge on any atom is 0.327 e. The number of urea groups is 1. The maximum atomic E-state index is 13.0. The van der Waals surface area contributed by atoms with Crippen molar-refractivity contribution in [3.63, 3.8) is 0 Å². The van der Waals surface area contributed by atoms with Crippen LogP contribution in [0, 0.1) is 0 Å². The third-order valence-electron chi connectivity index (χ3n) is 7.33. The minimum atomic E-state index is -0.172. The van der Waals surface area contributed by atoms with Crippen LogP contribution in [-0.4, -0.2) is 59.4 Å². The molecule has 2 fully saturated rings. The number of hydrogen-bond donors (Lipinski definition) is 2. The second-order valence-electron chi connectivity index (χ2n) is 10.3. The van der Waals surface area contributed by atoms with Crippen LogP contribution in [0.15, 0.2) is 0 Å². The van der Waals surface area contributed by atoms with E-state index in [0.717, 1.165) is 57.8 Å². The Kier molecular flexibility index (Phi) is 14.2. The van der Waals surface area contributed by atoms with Gasteiger partial charge in [-0.3, -0.25) is 14.5 Å². The normalized spacial score (nSPS) is 18.1. The van der Waals surface area contributed by atoms with Gasteiger partial charge >= 0.3 is 6.03 Å². The highest BCUT2D eigenvalue weighted by atomic mass is 16.2. The second kappa shape index (κ2) is 16.9. The number of nitrogens with one attached hydrogen (secondary N) is 1. The van der Waals surface area contributed by atoms with Gasteiger partial charge in [0.25, 0.3) is 5.91 Å². The summed E-state index contributed by atoms with van der Waals surface area (Å²) < 4.78 is 0. The lowest BCUT2D eigenvalue weighted by Crippen LogP contribution is -2.46. The summed E-state index contributed by atoms with van der Waals surface area (Å²) in [7, 11) is 0. The molecule has 0 radical (unpaired) electrons. The number of hydrogen-bond acceptors (Lipinski definition) is 4. The van der Waals surface area contributed by atoms with Crippen LogP contribution in [-0.2, 0) is 9.59 Å². The lowest BCUT2D eigenvalue weighted by atomic mass is 9.94. The lowest BCUT2D eigenvalue weighted by molar-refractivity contribution is -0.127. The summed E-state index contributed by atoms with van der Waals surface area (Å²) in [6.45, 7) is 3.40. The average Bonchev–Trinajstić information content (AvgIpc) is 3.11. The molecule has 0 aromatic rings. The topological polar surface area (TPSA) is 95.7 Å². The van der Waals surface area contributed by atoms with E-state index in [-0.39, 0.29) is 36.5 Å². The minimum Gasteiger partial charge on any atom is -0.352 e. The molecule has 34 heavy (non-hydrogen) atoms. The molecule has 1 heterocycles. The van der Waals surface area contributed by atoms with E-state index < -0.39 is 0 Å². The Morgan fingerprint density at radius 3 is 2.24 bits per heavy atom. The van der Waals surface area contributed by atoms with Crippen molar-refractivity contribution in [3.8, 4) is 0 Å². The van der Waals surface area contributed by atoms with Gasteiger partial charge in [-0.05, 0) is 38.6 Å². The van der Waals surface area contributed by atoms with Crippen molar-refractivity contribution in [2.75, 3.05) is 19.6 Å². The van der Waals surface area contributed by atoms with Crippen molar-refractivity contribution in [3.05, 3.63) is 0 Å². The van der Waals surface area contributed by atoms with Crippen LogP contribution in [0.1, 0.15) is 122 Å². The van der Waals surface area contributed by atoms with Crippen LogP contribution < -0.4 is 11.1 Å². The molecule has 7 nitrogen and oxygen atoms in total. The van der Waals surface area contributed by atoms with Gasteiger partial charge in [-0.15, -0.1) is 0 Å². The van der Waals surface area contributed by atoms with Crippen LogP contribution >= 0.6 is 0 Å². The molecule has 7 heteroatoms. The number of nitrogens with zero attached hydrogens (tertiary/aromatic N) is 2. The molecular weight excluding hydrogens is 428 g/mol. The van der Waals surface area contributed by atoms with E-state index >= 15 is 0 Å². The van der Waals surface area contributed by atoms with Crippen LogP contribution in [0.3, 0.4) is 0 Å². The largest absolute Gasteiger partial charge is 0.352 e. The van der Waals surface area contributed by atoms with Crippen molar-refractivity contribution in [2.45, 2.75) is 135 Å². The first-order valence-corrected chi connectivity index (χ1v) is 14.2. The third-order valence-corrected chi connectivity index (χ3v) is 7.33. The van der Waals surface area contributed by atoms with Gasteiger partial charge < -0.3 is 16.0 Å². The van der Waals surface area contributed by atoms with E-state index in [0.29, 0.717) is 19.5 Å². The predicted molar refractivity (Wildman–Crippen MR) is 137 cm³/mol. The number of rotatable bonds is 18. The summed E-state index contributed by atoms with van der Waals surface area (Å²) in [5.74, 6) is -0.0265. The smallest absolute Gasteiger partial charge is 0.327 e. The third kappa shape index (κ3) is 10.3. The molecule has 0 bridgehead atoms. The van der Waals surface area contributed by atoms with Gasteiger partial charge in [0.15, 0.2) is 0 Å². The molecule has 3 N–H and O–H groups in total. The zero-order valence-electron chi connectivity index (χ0n) is 21.7. The number of carbonyl (C=O) groups is 3. The molecule has 0 aromatic carbocycles. The molecule has 4 amide bonds. The fourth-order valence-corrected chi connectivity index (χ4v) is 5.31. The van der Waals surface area contributed by atoms with Gasteiger partial charge in [0.05, 0.1) is 0 Å². The second-order valence-corrected chi connectivity index (χ2v) is 10.3. The highest BCUT2D eigenvalue weighted by Crippen LogP contribution is 2.26. The van der Waals surface area contributed by atoms with Crippen molar-refractivity contribution < 1.29 is 14.4 Å². The zero-order chi connectivity index (χ0) is 24.6. The monoisotopic (exact) mass is 478 g/mol. The van der Waals surface area contributed by atoms with Crippen molar-refractivity contribution >= 4 is 17.8 Å². The summed E-state index contributed by atoms with van der Waals surface area (Å²) in [5.41, 5.74) is 5.66. The molecule has 2 rings (SSSR count). The molecule has 1 atom stereocenters. The van der Waals surface area contributed by atoms with Crippen LogP contribution in [0.4, 0.5) is 4.79 Å². The minimum absolute atomic E-state index is 0.0516. The van der Waals surface area contributed by atoms with Gasteiger partial charge in [-0.25, -0.2) is 4.79 Å². The molecule has 196 valence electrons. The van der Waals surface area contributed by atoms with Gasteiger partial charge in [-0.1, -0.05) is 84.0 Å². The molecular formula is C27H50N4O3. The van der Waals surface area contributed by atoms with Crippen LogP contribution in [0.25, 0.3) is 0 Å². The average molecular weight is 479 g/mol. The SMILES string of the molecule is CCCCCCCCCCCC(=O)NC(CCCCN)CN1CC(=O)N(C2CCCCC2)C1=O. The predicted octanol–water partition coefficient (Wildman–Crippen LogP) is 5.12. The van der Waals surface area contributed by atoms with E-state index in [1.54, 1.807) is 4.90 Å². The number of carbonyl (C=O) groups excluding carboxylic acids is 3. The Morgan fingerprint density at radius 1 is 0.941 bits per heavy atom. The molecule has 1 unspecified atom stereocenters. The summed E-state index contributed by atoms with van der Waals surface area (Å²) in [4.78, 5) is 41.4. The van der Waals surface area contributed by atoms with Crippen molar-refractivity contribution in [2.24, 2.45) is 5.73 Å². The van der Waals surface area contributed by atoms with E-state index in [4.69, 9.17) is 5.73 Å². The van der Waals surface area contributed by atoms with Gasteiger partial charge in [0.1, 0.15) is 6.54 Å². The standard InChI is InChI=1S/C27H50N4O3/c1-2-3-4-5-6-7-8-9-13-19-25(32)29-23(16-14-15-20-28)21-30-22-26(33)31(27(30)34)24-17-11-10-12-18-24/h23-24H,2-22,28H2,1H3,(H,29,32). The fourth-order valence-electron chi connectivity index (χ4n) is 5.31. The Bertz CT molecular complexity index is 607. The highest BCUT2D eigenvalue weighted by molar-refractivity contribution is 6.02. The summed E-state index contributed by atoms with van der Waals surface area (Å²) in [6, 6.07) is -0.245. The molecule has 0 spiro atoms. The molecule has 2 aliphatic rings. The summed E-state index contributed by atoms with van der Waals surface area (Å²) in [6.07, 6.45) is 19.3. The highest BCUT2D eigenvalue weighted by Gasteiger charge is 2.41. The lowest BCUT2D eigenvalue weighted by Gasteiger charge is -2.30. The Labute approximate surface area is 207 Å². The first kappa shape index (κ1) is 28.6. The van der Waals surface area contributed by atoms with Crippen molar-refractivity contribution in [1.82, 2.24) is 15.1 Å². The van der Waals surface area contributed by atoms with Gasteiger partial charge in [0, 0.05) is 25.0 Å². The van der Waals surface area contributed by atoms with Gasteiger partial charge in [-0.2, -0.15) is 0 Å². The number of unbranched alkanes of at least 4 members (excludes halogenated alkanes) is 9. The van der Waals surface area contributed by atoms with Crippen LogP contribution in [0.2, 0.25) is 0 Å². The maximum absolute atomic E-state index is 13.0. The molecule has 1 aliphatic carbocycles. The Balaban J connectivity index is 1.74. The summed E-state index contributed by atoms with van der Waals surface area (Å²) >= 11 is 0. The number of amides is 4. The first-order valence-electron chi connectivity index (χ1n) is 14.2. The molecule has 0 aromatic heterocycles. The Hall–Kier alpha value is -1.63. The Morgan fingerprint density at radius 2 is 1.59 bits per heavy atom. The summed E-state index contributed by atoms with van der Waals surface area (Å²) in [5, 5.41) is 3.15.